The maximum Gasteiger partial charge on any atom is 0.274 e. The van der Waals surface area contributed by atoms with Gasteiger partial charge in [0, 0.05) is 17.7 Å². The first kappa shape index (κ1) is 13.6. The summed E-state index contributed by atoms with van der Waals surface area (Å²) >= 11 is 0. The van der Waals surface area contributed by atoms with Crippen LogP contribution in [0.15, 0.2) is 24.3 Å². The zero-order chi connectivity index (χ0) is 12.8. The number of nitrogens with zero attached hydrogens (tertiary/aromatic N) is 1. The molecule has 1 aromatic carbocycles. The van der Waals surface area contributed by atoms with Gasteiger partial charge in [0.05, 0.1) is 4.92 Å². The Morgan fingerprint density at radius 1 is 1.29 bits per heavy atom. The first-order valence-electron chi connectivity index (χ1n) is 5.99. The smallest absolute Gasteiger partial charge is 0.274 e. The molecule has 94 valence electrons. The molecular formula is C13H20N2O2. The van der Waals surface area contributed by atoms with Gasteiger partial charge in [-0.2, -0.15) is 0 Å². The Morgan fingerprint density at radius 3 is 2.53 bits per heavy atom. The quantitative estimate of drug-likeness (QED) is 0.609. The van der Waals surface area contributed by atoms with Crippen molar-refractivity contribution >= 4 is 5.69 Å². The number of nitro groups is 1. The van der Waals surface area contributed by atoms with Crippen molar-refractivity contribution in [3.8, 4) is 0 Å². The van der Waals surface area contributed by atoms with Crippen molar-refractivity contribution in [1.82, 2.24) is 5.32 Å². The van der Waals surface area contributed by atoms with E-state index in [1.807, 2.05) is 19.1 Å². The van der Waals surface area contributed by atoms with Crippen LogP contribution in [0.2, 0.25) is 0 Å². The molecule has 0 aliphatic rings. The molecule has 0 saturated carbocycles. The van der Waals surface area contributed by atoms with Crippen LogP contribution in [-0.4, -0.2) is 11.5 Å². The largest absolute Gasteiger partial charge is 0.310 e. The number of benzene rings is 1. The molecule has 0 saturated heterocycles. The minimum absolute atomic E-state index is 0.00958. The minimum atomic E-state index is -0.323. The first-order valence-corrected chi connectivity index (χ1v) is 5.99. The average molecular weight is 236 g/mol. The van der Waals surface area contributed by atoms with E-state index in [-0.39, 0.29) is 16.7 Å². The van der Waals surface area contributed by atoms with E-state index in [1.165, 1.54) is 0 Å². The van der Waals surface area contributed by atoms with Crippen molar-refractivity contribution in [2.45, 2.75) is 33.2 Å². The molecule has 1 aromatic rings. The zero-order valence-corrected chi connectivity index (χ0v) is 10.6. The van der Waals surface area contributed by atoms with Gasteiger partial charge in [-0.3, -0.25) is 10.1 Å². The van der Waals surface area contributed by atoms with Crippen LogP contribution in [0, 0.1) is 16.0 Å². The van der Waals surface area contributed by atoms with Gasteiger partial charge >= 0.3 is 0 Å². The molecule has 0 spiro atoms. The number of hydrogen-bond donors (Lipinski definition) is 1. The maximum atomic E-state index is 10.9. The topological polar surface area (TPSA) is 55.2 Å². The molecule has 0 heterocycles. The predicted octanol–water partition coefficient (Wildman–Crippen LogP) is 3.29. The van der Waals surface area contributed by atoms with Gasteiger partial charge in [-0.05, 0) is 25.8 Å². The summed E-state index contributed by atoms with van der Waals surface area (Å²) in [5.74, 6) is 0.639. The maximum absolute atomic E-state index is 10.9. The third-order valence-corrected chi connectivity index (χ3v) is 2.77. The standard InChI is InChI=1S/C13H20N2O2/c1-10(2)8-9-14-11(3)12-6-4-5-7-13(12)15(16)17/h4-7,10-11,14H,8-9H2,1-3H3. The summed E-state index contributed by atoms with van der Waals surface area (Å²) in [6, 6.07) is 6.90. The van der Waals surface area contributed by atoms with Gasteiger partial charge in [0.2, 0.25) is 0 Å². The van der Waals surface area contributed by atoms with Gasteiger partial charge in [0.15, 0.2) is 0 Å². The number of hydrogen-bond acceptors (Lipinski definition) is 3. The second-order valence-corrected chi connectivity index (χ2v) is 4.67. The van der Waals surface area contributed by atoms with Crippen LogP contribution in [0.4, 0.5) is 5.69 Å². The van der Waals surface area contributed by atoms with Gasteiger partial charge in [0.1, 0.15) is 0 Å². The van der Waals surface area contributed by atoms with E-state index in [9.17, 15) is 10.1 Å². The molecule has 0 radical (unpaired) electrons. The Kier molecular flexibility index (Phi) is 5.10. The van der Waals surface area contributed by atoms with Crippen LogP contribution >= 0.6 is 0 Å². The third kappa shape index (κ3) is 4.15. The summed E-state index contributed by atoms with van der Waals surface area (Å²) in [6.45, 7) is 7.17. The van der Waals surface area contributed by atoms with Crippen LogP contribution in [0.5, 0.6) is 0 Å². The molecular weight excluding hydrogens is 216 g/mol. The summed E-state index contributed by atoms with van der Waals surface area (Å²) in [6.07, 6.45) is 1.07. The van der Waals surface area contributed by atoms with E-state index >= 15 is 0 Å². The lowest BCUT2D eigenvalue weighted by molar-refractivity contribution is -0.385. The second kappa shape index (κ2) is 6.35. The fourth-order valence-corrected chi connectivity index (χ4v) is 1.72. The average Bonchev–Trinajstić information content (AvgIpc) is 2.28. The highest BCUT2D eigenvalue weighted by Crippen LogP contribution is 2.24. The van der Waals surface area contributed by atoms with Gasteiger partial charge in [0.25, 0.3) is 5.69 Å². The summed E-state index contributed by atoms with van der Waals surface area (Å²) in [5, 5.41) is 14.2. The highest BCUT2D eigenvalue weighted by atomic mass is 16.6. The summed E-state index contributed by atoms with van der Waals surface area (Å²) in [7, 11) is 0. The lowest BCUT2D eigenvalue weighted by Crippen LogP contribution is -2.21. The Labute approximate surface area is 102 Å². The minimum Gasteiger partial charge on any atom is -0.310 e. The highest BCUT2D eigenvalue weighted by molar-refractivity contribution is 5.41. The second-order valence-electron chi connectivity index (χ2n) is 4.67. The molecule has 0 aliphatic heterocycles. The number of nitro benzene ring substituents is 1. The lowest BCUT2D eigenvalue weighted by atomic mass is 10.1. The fourth-order valence-electron chi connectivity index (χ4n) is 1.72. The predicted molar refractivity (Wildman–Crippen MR) is 69.0 cm³/mol. The summed E-state index contributed by atoms with van der Waals surface area (Å²) in [4.78, 5) is 10.6. The molecule has 1 rings (SSSR count). The molecule has 4 heteroatoms. The van der Waals surface area contributed by atoms with Crippen LogP contribution in [0.1, 0.15) is 38.8 Å². The molecule has 4 nitrogen and oxygen atoms in total. The molecule has 0 bridgehead atoms. The molecule has 0 amide bonds. The Bertz CT molecular complexity index is 377. The van der Waals surface area contributed by atoms with E-state index in [4.69, 9.17) is 0 Å². The van der Waals surface area contributed by atoms with E-state index in [1.54, 1.807) is 12.1 Å². The highest BCUT2D eigenvalue weighted by Gasteiger charge is 2.17. The van der Waals surface area contributed by atoms with Crippen LogP contribution in [0.3, 0.4) is 0 Å². The number of rotatable bonds is 6. The van der Waals surface area contributed by atoms with Crippen molar-refractivity contribution in [2.75, 3.05) is 6.54 Å². The van der Waals surface area contributed by atoms with E-state index in [0.29, 0.717) is 5.92 Å². The number of nitrogens with one attached hydrogen (secondary N) is 1. The van der Waals surface area contributed by atoms with E-state index in [0.717, 1.165) is 18.5 Å². The number of para-hydroxylation sites is 1. The Morgan fingerprint density at radius 2 is 1.94 bits per heavy atom. The lowest BCUT2D eigenvalue weighted by Gasteiger charge is -2.15. The van der Waals surface area contributed by atoms with Crippen molar-refractivity contribution in [2.24, 2.45) is 5.92 Å². The molecule has 1 N–H and O–H groups in total. The van der Waals surface area contributed by atoms with Crippen LogP contribution < -0.4 is 5.32 Å². The molecule has 0 aromatic heterocycles. The van der Waals surface area contributed by atoms with E-state index < -0.39 is 0 Å². The van der Waals surface area contributed by atoms with Crippen LogP contribution in [-0.2, 0) is 0 Å². The van der Waals surface area contributed by atoms with Gasteiger partial charge < -0.3 is 5.32 Å². The first-order chi connectivity index (χ1) is 8.02. The van der Waals surface area contributed by atoms with E-state index in [2.05, 4.69) is 19.2 Å². The van der Waals surface area contributed by atoms with Gasteiger partial charge in [-0.1, -0.05) is 32.0 Å². The third-order valence-electron chi connectivity index (χ3n) is 2.77. The molecule has 0 fully saturated rings. The monoisotopic (exact) mass is 236 g/mol. The Balaban J connectivity index is 2.68. The van der Waals surface area contributed by atoms with Crippen molar-refractivity contribution in [3.63, 3.8) is 0 Å². The molecule has 1 atom stereocenters. The van der Waals surface area contributed by atoms with Crippen molar-refractivity contribution in [3.05, 3.63) is 39.9 Å². The molecule has 1 unspecified atom stereocenters. The van der Waals surface area contributed by atoms with Crippen LogP contribution in [0.25, 0.3) is 0 Å². The normalized spacial score (nSPS) is 12.7. The van der Waals surface area contributed by atoms with Crippen molar-refractivity contribution in [1.29, 1.82) is 0 Å². The van der Waals surface area contributed by atoms with Gasteiger partial charge in [-0.15, -0.1) is 0 Å². The molecule has 17 heavy (non-hydrogen) atoms. The fraction of sp³-hybridized carbons (Fsp3) is 0.538. The Hall–Kier alpha value is -1.42. The molecule has 0 aliphatic carbocycles. The summed E-state index contributed by atoms with van der Waals surface area (Å²) < 4.78 is 0. The summed E-state index contributed by atoms with van der Waals surface area (Å²) in [5.41, 5.74) is 0.943. The zero-order valence-electron chi connectivity index (χ0n) is 10.6. The van der Waals surface area contributed by atoms with Crippen molar-refractivity contribution < 1.29 is 4.92 Å². The SMILES string of the molecule is CC(C)CCNC(C)c1ccccc1[N+](=O)[O-]. The van der Waals surface area contributed by atoms with Gasteiger partial charge in [-0.25, -0.2) is 0 Å².